The summed E-state index contributed by atoms with van der Waals surface area (Å²) in [7, 11) is 1.58. The lowest BCUT2D eigenvalue weighted by atomic mass is 9.64. The van der Waals surface area contributed by atoms with Gasteiger partial charge in [-0.1, -0.05) is 30.2 Å². The van der Waals surface area contributed by atoms with E-state index in [0.717, 1.165) is 30.4 Å². The molecule has 3 nitrogen and oxygen atoms in total. The van der Waals surface area contributed by atoms with Gasteiger partial charge in [-0.25, -0.2) is 4.39 Å². The van der Waals surface area contributed by atoms with Crippen LogP contribution >= 0.6 is 11.6 Å². The van der Waals surface area contributed by atoms with Crippen LogP contribution in [-0.4, -0.2) is 13.0 Å². The van der Waals surface area contributed by atoms with E-state index >= 15 is 0 Å². The molecule has 1 aliphatic rings. The third-order valence-electron chi connectivity index (χ3n) is 4.70. The molecule has 0 aromatic heterocycles. The number of methoxy groups -OCH3 is 1. The molecule has 0 aliphatic heterocycles. The van der Waals surface area contributed by atoms with Crippen LogP contribution in [0.3, 0.4) is 0 Å². The van der Waals surface area contributed by atoms with E-state index in [4.69, 9.17) is 16.3 Å². The van der Waals surface area contributed by atoms with Crippen molar-refractivity contribution in [2.75, 3.05) is 7.11 Å². The van der Waals surface area contributed by atoms with Crippen LogP contribution in [0.2, 0.25) is 5.02 Å². The molecule has 2 aromatic rings. The van der Waals surface area contributed by atoms with Crippen LogP contribution in [0.15, 0.2) is 42.5 Å². The summed E-state index contributed by atoms with van der Waals surface area (Å²) in [5.41, 5.74) is 0.921. The van der Waals surface area contributed by atoms with E-state index in [1.54, 1.807) is 31.4 Å². The molecule has 5 heteroatoms. The number of carbonyl (C=O) groups is 1. The molecule has 0 bridgehead atoms. The third kappa shape index (κ3) is 3.11. The highest BCUT2D eigenvalue weighted by atomic mass is 35.5. The molecule has 1 aliphatic carbocycles. The van der Waals surface area contributed by atoms with E-state index in [9.17, 15) is 9.18 Å². The lowest BCUT2D eigenvalue weighted by Crippen LogP contribution is -2.49. The SMILES string of the molecule is COc1ccc(Cl)cc1CNC(=O)C1(c2cccc(F)c2)CCC1. The molecule has 1 N–H and O–H groups in total. The van der Waals surface area contributed by atoms with Crippen LogP contribution in [0, 0.1) is 5.82 Å². The largest absolute Gasteiger partial charge is 0.496 e. The van der Waals surface area contributed by atoms with Gasteiger partial charge in [-0.15, -0.1) is 0 Å². The summed E-state index contributed by atoms with van der Waals surface area (Å²) in [5.74, 6) is 0.276. The Bertz CT molecular complexity index is 759. The molecule has 0 spiro atoms. The topological polar surface area (TPSA) is 38.3 Å². The highest BCUT2D eigenvalue weighted by Gasteiger charge is 2.45. The normalized spacial score (nSPS) is 15.5. The summed E-state index contributed by atoms with van der Waals surface area (Å²) in [5, 5.41) is 3.55. The van der Waals surface area contributed by atoms with Gasteiger partial charge in [-0.3, -0.25) is 4.79 Å². The number of rotatable bonds is 5. The number of nitrogens with one attached hydrogen (secondary N) is 1. The second kappa shape index (κ2) is 6.81. The summed E-state index contributed by atoms with van der Waals surface area (Å²) in [6, 6.07) is 11.6. The molecule has 0 unspecified atom stereocenters. The first-order valence-electron chi connectivity index (χ1n) is 7.92. The maximum atomic E-state index is 13.6. The van der Waals surface area contributed by atoms with Gasteiger partial charge >= 0.3 is 0 Å². The number of amides is 1. The maximum absolute atomic E-state index is 13.6. The van der Waals surface area contributed by atoms with Crippen molar-refractivity contribution in [1.29, 1.82) is 0 Å². The van der Waals surface area contributed by atoms with Gasteiger partial charge in [0.1, 0.15) is 11.6 Å². The van der Waals surface area contributed by atoms with Crippen molar-refractivity contribution in [1.82, 2.24) is 5.32 Å². The average Bonchev–Trinajstić information content (AvgIpc) is 2.52. The van der Waals surface area contributed by atoms with Crippen molar-refractivity contribution in [2.24, 2.45) is 0 Å². The first-order chi connectivity index (χ1) is 11.5. The number of ether oxygens (including phenoxy) is 1. The molecule has 24 heavy (non-hydrogen) atoms. The third-order valence-corrected chi connectivity index (χ3v) is 4.94. The van der Waals surface area contributed by atoms with Gasteiger partial charge < -0.3 is 10.1 Å². The fourth-order valence-corrected chi connectivity index (χ4v) is 3.39. The minimum absolute atomic E-state index is 0.0821. The van der Waals surface area contributed by atoms with Gasteiger partial charge in [0, 0.05) is 17.1 Å². The molecule has 3 rings (SSSR count). The fourth-order valence-electron chi connectivity index (χ4n) is 3.19. The Morgan fingerprint density at radius 2 is 2.08 bits per heavy atom. The van der Waals surface area contributed by atoms with Crippen molar-refractivity contribution in [3.8, 4) is 5.75 Å². The molecule has 1 amide bonds. The van der Waals surface area contributed by atoms with Crippen LogP contribution in [0.25, 0.3) is 0 Å². The zero-order chi connectivity index (χ0) is 17.2. The molecule has 126 valence electrons. The number of benzene rings is 2. The van der Waals surface area contributed by atoms with Crippen molar-refractivity contribution < 1.29 is 13.9 Å². The minimum Gasteiger partial charge on any atom is -0.496 e. The number of carbonyl (C=O) groups excluding carboxylic acids is 1. The average molecular weight is 348 g/mol. The highest BCUT2D eigenvalue weighted by molar-refractivity contribution is 6.30. The molecule has 0 heterocycles. The van der Waals surface area contributed by atoms with Crippen molar-refractivity contribution in [3.05, 3.63) is 64.4 Å². The van der Waals surface area contributed by atoms with Crippen molar-refractivity contribution in [3.63, 3.8) is 0 Å². The summed E-state index contributed by atoms with van der Waals surface area (Å²) in [4.78, 5) is 12.8. The Morgan fingerprint density at radius 3 is 2.71 bits per heavy atom. The van der Waals surface area contributed by atoms with Crippen molar-refractivity contribution >= 4 is 17.5 Å². The van der Waals surface area contributed by atoms with E-state index in [-0.39, 0.29) is 11.7 Å². The minimum atomic E-state index is -0.631. The van der Waals surface area contributed by atoms with Gasteiger partial charge in [0.25, 0.3) is 0 Å². The molecule has 1 fully saturated rings. The lowest BCUT2D eigenvalue weighted by molar-refractivity contribution is -0.130. The van der Waals surface area contributed by atoms with E-state index in [2.05, 4.69) is 5.32 Å². The first-order valence-corrected chi connectivity index (χ1v) is 8.30. The van der Waals surface area contributed by atoms with Gasteiger partial charge in [0.2, 0.25) is 5.91 Å². The van der Waals surface area contributed by atoms with Gasteiger partial charge in [0.05, 0.1) is 12.5 Å². The zero-order valence-corrected chi connectivity index (χ0v) is 14.2. The Hall–Kier alpha value is -2.07. The Labute approximate surface area is 145 Å². The van der Waals surface area contributed by atoms with Crippen LogP contribution in [0.5, 0.6) is 5.75 Å². The molecule has 0 radical (unpaired) electrons. The molecular formula is C19H19ClFNO2. The van der Waals surface area contributed by atoms with E-state index in [1.165, 1.54) is 12.1 Å². The Kier molecular flexibility index (Phi) is 4.76. The predicted molar refractivity (Wildman–Crippen MR) is 91.8 cm³/mol. The van der Waals surface area contributed by atoms with E-state index < -0.39 is 5.41 Å². The highest BCUT2D eigenvalue weighted by Crippen LogP contribution is 2.44. The molecule has 0 atom stereocenters. The Balaban J connectivity index is 1.78. The monoisotopic (exact) mass is 347 g/mol. The quantitative estimate of drug-likeness (QED) is 0.879. The number of hydrogen-bond acceptors (Lipinski definition) is 2. The lowest BCUT2D eigenvalue weighted by Gasteiger charge is -2.40. The smallest absolute Gasteiger partial charge is 0.230 e. The predicted octanol–water partition coefficient (Wildman–Crippen LogP) is 4.23. The summed E-state index contributed by atoms with van der Waals surface area (Å²) in [6.07, 6.45) is 2.42. The van der Waals surface area contributed by atoms with Gasteiger partial charge in [-0.2, -0.15) is 0 Å². The number of hydrogen-bond donors (Lipinski definition) is 1. The standard InChI is InChI=1S/C19H19ClFNO2/c1-24-17-7-6-15(20)10-13(17)12-22-18(23)19(8-3-9-19)14-4-2-5-16(21)11-14/h2,4-7,10-11H,3,8-9,12H2,1H3,(H,22,23). The second-order valence-electron chi connectivity index (χ2n) is 6.08. The second-order valence-corrected chi connectivity index (χ2v) is 6.52. The van der Waals surface area contributed by atoms with Crippen LogP contribution in [-0.2, 0) is 16.8 Å². The fraction of sp³-hybridized carbons (Fsp3) is 0.316. The number of halogens is 2. The Morgan fingerprint density at radius 1 is 1.29 bits per heavy atom. The van der Waals surface area contributed by atoms with Crippen LogP contribution in [0.1, 0.15) is 30.4 Å². The maximum Gasteiger partial charge on any atom is 0.230 e. The van der Waals surface area contributed by atoms with Crippen LogP contribution < -0.4 is 10.1 Å². The summed E-state index contributed by atoms with van der Waals surface area (Å²) >= 11 is 6.02. The van der Waals surface area contributed by atoms with Crippen LogP contribution in [0.4, 0.5) is 4.39 Å². The summed E-state index contributed by atoms with van der Waals surface area (Å²) in [6.45, 7) is 0.319. The molecule has 1 saturated carbocycles. The van der Waals surface area contributed by atoms with Gasteiger partial charge in [-0.05, 0) is 48.7 Å². The van der Waals surface area contributed by atoms with Crippen molar-refractivity contribution in [2.45, 2.75) is 31.2 Å². The van der Waals surface area contributed by atoms with Gasteiger partial charge in [0.15, 0.2) is 0 Å². The van der Waals surface area contributed by atoms with E-state index in [0.29, 0.717) is 17.3 Å². The molecular weight excluding hydrogens is 329 g/mol. The molecule has 2 aromatic carbocycles. The first kappa shape index (κ1) is 16.8. The summed E-state index contributed by atoms with van der Waals surface area (Å²) < 4.78 is 18.9. The van der Waals surface area contributed by atoms with E-state index in [1.807, 2.05) is 6.07 Å². The molecule has 0 saturated heterocycles. The zero-order valence-electron chi connectivity index (χ0n) is 13.4.